The molecule has 9 heteroatoms. The zero-order valence-corrected chi connectivity index (χ0v) is 14.3. The molecule has 0 aliphatic rings. The summed E-state index contributed by atoms with van der Waals surface area (Å²) in [6.07, 6.45) is 1.16. The molecule has 0 saturated carbocycles. The first-order valence-electron chi connectivity index (χ1n) is 7.65. The number of aromatic amines is 1. The van der Waals surface area contributed by atoms with E-state index in [0.29, 0.717) is 17.1 Å². The number of Topliss-reactive ketones (excluding diaryl/α,β-unsaturated/α-hetero) is 1. The van der Waals surface area contributed by atoms with Crippen molar-refractivity contribution in [2.24, 2.45) is 0 Å². The van der Waals surface area contributed by atoms with Gasteiger partial charge < -0.3 is 18.8 Å². The van der Waals surface area contributed by atoms with Gasteiger partial charge >= 0.3 is 11.7 Å². The van der Waals surface area contributed by atoms with Gasteiger partial charge in [0.05, 0.1) is 20.6 Å². The number of carbonyl (C=O) groups is 2. The number of aryl methyl sites for hydroxylation is 1. The highest BCUT2D eigenvalue weighted by molar-refractivity contribution is 5.98. The van der Waals surface area contributed by atoms with Gasteiger partial charge in [0.1, 0.15) is 0 Å². The number of nitrogens with one attached hydrogen (secondary N) is 1. The normalized spacial score (nSPS) is 10.2. The van der Waals surface area contributed by atoms with E-state index in [2.05, 4.69) is 4.98 Å². The predicted octanol–water partition coefficient (Wildman–Crippen LogP) is 0.370. The number of ether oxygens (including phenoxy) is 3. The second-order valence-electron chi connectivity index (χ2n) is 5.21. The lowest BCUT2D eigenvalue weighted by Gasteiger charge is -2.09. The van der Waals surface area contributed by atoms with Crippen LogP contribution in [0.3, 0.4) is 0 Å². The molecule has 9 nitrogen and oxygen atoms in total. The molecule has 1 aromatic carbocycles. The zero-order chi connectivity index (χ0) is 19.1. The minimum atomic E-state index is -0.642. The second-order valence-corrected chi connectivity index (χ2v) is 5.21. The minimum absolute atomic E-state index is 0.0268. The van der Waals surface area contributed by atoms with Crippen molar-refractivity contribution in [3.8, 4) is 11.5 Å². The van der Waals surface area contributed by atoms with Gasteiger partial charge in [-0.05, 0) is 18.2 Å². The van der Waals surface area contributed by atoms with Crippen LogP contribution in [0.1, 0.15) is 16.8 Å². The predicted molar refractivity (Wildman–Crippen MR) is 90.8 cm³/mol. The fourth-order valence-corrected chi connectivity index (χ4v) is 2.14. The van der Waals surface area contributed by atoms with E-state index in [1.165, 1.54) is 43.2 Å². The highest BCUT2D eigenvalue weighted by Crippen LogP contribution is 2.27. The van der Waals surface area contributed by atoms with Crippen LogP contribution in [-0.4, -0.2) is 42.1 Å². The standard InChI is InChI=1S/C17H18N2O7/c1-24-13-4-3-11(9-14(13)25-2)12(20)10-26-16(22)6-8-19-7-5-15(21)18-17(19)23/h3-5,7,9H,6,8,10H2,1-2H3,(H,18,21,23). The molecule has 1 N–H and O–H groups in total. The number of nitrogens with zero attached hydrogens (tertiary/aromatic N) is 1. The molecule has 0 bridgehead atoms. The van der Waals surface area contributed by atoms with Crippen LogP contribution < -0.4 is 20.7 Å². The molecule has 26 heavy (non-hydrogen) atoms. The van der Waals surface area contributed by atoms with Crippen molar-refractivity contribution in [1.82, 2.24) is 9.55 Å². The lowest BCUT2D eigenvalue weighted by atomic mass is 10.1. The first-order valence-corrected chi connectivity index (χ1v) is 7.65. The summed E-state index contributed by atoms with van der Waals surface area (Å²) < 4.78 is 16.3. The van der Waals surface area contributed by atoms with Crippen LogP contribution in [0.2, 0.25) is 0 Å². The van der Waals surface area contributed by atoms with Crippen LogP contribution in [-0.2, 0) is 16.1 Å². The zero-order valence-electron chi connectivity index (χ0n) is 14.3. The molecule has 0 fully saturated rings. The lowest BCUT2D eigenvalue weighted by Crippen LogP contribution is -2.29. The fraction of sp³-hybridized carbons (Fsp3) is 0.294. The smallest absolute Gasteiger partial charge is 0.328 e. The van der Waals surface area contributed by atoms with Crippen molar-refractivity contribution < 1.29 is 23.8 Å². The largest absolute Gasteiger partial charge is 0.493 e. The minimum Gasteiger partial charge on any atom is -0.493 e. The molecule has 0 spiro atoms. The quantitative estimate of drug-likeness (QED) is 0.532. The maximum Gasteiger partial charge on any atom is 0.328 e. The average Bonchev–Trinajstić information content (AvgIpc) is 2.64. The van der Waals surface area contributed by atoms with Crippen LogP contribution >= 0.6 is 0 Å². The van der Waals surface area contributed by atoms with Crippen molar-refractivity contribution in [2.45, 2.75) is 13.0 Å². The van der Waals surface area contributed by atoms with Gasteiger partial charge in [-0.25, -0.2) is 4.79 Å². The first kappa shape index (κ1) is 19.0. The number of esters is 1. The van der Waals surface area contributed by atoms with E-state index in [0.717, 1.165) is 0 Å². The van der Waals surface area contributed by atoms with Crippen molar-refractivity contribution in [3.63, 3.8) is 0 Å². The number of carbonyl (C=O) groups excluding carboxylic acids is 2. The third kappa shape index (κ3) is 4.82. The van der Waals surface area contributed by atoms with Gasteiger partial charge in [-0.2, -0.15) is 0 Å². The summed E-state index contributed by atoms with van der Waals surface area (Å²) in [7, 11) is 2.93. The van der Waals surface area contributed by atoms with Gasteiger partial charge in [0.15, 0.2) is 23.9 Å². The van der Waals surface area contributed by atoms with E-state index < -0.39 is 29.6 Å². The first-order chi connectivity index (χ1) is 12.4. The van der Waals surface area contributed by atoms with Gasteiger partial charge in [-0.1, -0.05) is 0 Å². The highest BCUT2D eigenvalue weighted by atomic mass is 16.5. The van der Waals surface area contributed by atoms with E-state index >= 15 is 0 Å². The van der Waals surface area contributed by atoms with E-state index in [1.807, 2.05) is 0 Å². The maximum absolute atomic E-state index is 12.1. The van der Waals surface area contributed by atoms with Crippen LogP contribution in [0.25, 0.3) is 0 Å². The SMILES string of the molecule is COc1ccc(C(=O)COC(=O)CCn2ccc(=O)[nH]c2=O)cc1OC. The van der Waals surface area contributed by atoms with Gasteiger partial charge in [0, 0.05) is 24.4 Å². The fourth-order valence-electron chi connectivity index (χ4n) is 2.14. The van der Waals surface area contributed by atoms with Crippen LogP contribution in [0.5, 0.6) is 11.5 Å². The Hall–Kier alpha value is -3.36. The molecule has 0 atom stereocenters. The topological polar surface area (TPSA) is 117 Å². The second kappa shape index (κ2) is 8.65. The maximum atomic E-state index is 12.1. The number of hydrogen-bond acceptors (Lipinski definition) is 7. The Kier molecular flexibility index (Phi) is 6.31. The third-order valence-electron chi connectivity index (χ3n) is 3.52. The Bertz CT molecular complexity index is 914. The highest BCUT2D eigenvalue weighted by Gasteiger charge is 2.13. The molecule has 138 valence electrons. The average molecular weight is 362 g/mol. The Labute approximate surface area is 148 Å². The number of H-pyrrole nitrogens is 1. The summed E-state index contributed by atoms with van der Waals surface area (Å²) in [5.74, 6) is -0.174. The third-order valence-corrected chi connectivity index (χ3v) is 3.52. The molecule has 0 aliphatic carbocycles. The van der Waals surface area contributed by atoms with Gasteiger partial charge in [-0.15, -0.1) is 0 Å². The summed E-state index contributed by atoms with van der Waals surface area (Å²) in [4.78, 5) is 48.4. The number of aromatic nitrogens is 2. The van der Waals surface area contributed by atoms with E-state index in [1.54, 1.807) is 6.07 Å². The van der Waals surface area contributed by atoms with E-state index in [9.17, 15) is 19.2 Å². The summed E-state index contributed by atoms with van der Waals surface area (Å²) in [6.45, 7) is -0.409. The summed E-state index contributed by atoms with van der Waals surface area (Å²) in [5, 5.41) is 0. The molecule has 1 aromatic heterocycles. The molecule has 0 aliphatic heterocycles. The molecule has 2 aromatic rings. The van der Waals surface area contributed by atoms with E-state index in [-0.39, 0.29) is 13.0 Å². The number of ketones is 1. The molecule has 0 saturated heterocycles. The van der Waals surface area contributed by atoms with E-state index in [4.69, 9.17) is 14.2 Å². The molecule has 0 unspecified atom stereocenters. The molecule has 2 rings (SSSR count). The van der Waals surface area contributed by atoms with Gasteiger partial charge in [-0.3, -0.25) is 19.4 Å². The van der Waals surface area contributed by atoms with Crippen molar-refractivity contribution in [1.29, 1.82) is 0 Å². The number of methoxy groups -OCH3 is 2. The summed E-state index contributed by atoms with van der Waals surface area (Å²) >= 11 is 0. The molecule has 1 heterocycles. The Morgan fingerprint density at radius 1 is 1.08 bits per heavy atom. The van der Waals surface area contributed by atoms with Crippen LogP contribution in [0.15, 0.2) is 40.1 Å². The van der Waals surface area contributed by atoms with Crippen molar-refractivity contribution in [3.05, 3.63) is 56.9 Å². The summed E-state index contributed by atoms with van der Waals surface area (Å²) in [6, 6.07) is 5.79. The lowest BCUT2D eigenvalue weighted by molar-refractivity contribution is -0.142. The summed E-state index contributed by atoms with van der Waals surface area (Å²) in [5.41, 5.74) is -0.826. The Morgan fingerprint density at radius 3 is 2.46 bits per heavy atom. The van der Waals surface area contributed by atoms with Crippen molar-refractivity contribution >= 4 is 11.8 Å². The molecular formula is C17H18N2O7. The Balaban J connectivity index is 1.89. The molecule has 0 amide bonds. The molecule has 0 radical (unpaired) electrons. The van der Waals surface area contributed by atoms with Crippen LogP contribution in [0, 0.1) is 0 Å². The Morgan fingerprint density at radius 2 is 1.81 bits per heavy atom. The number of hydrogen-bond donors (Lipinski definition) is 1. The van der Waals surface area contributed by atoms with Crippen molar-refractivity contribution in [2.75, 3.05) is 20.8 Å². The number of rotatable bonds is 8. The van der Waals surface area contributed by atoms with Crippen LogP contribution in [0.4, 0.5) is 0 Å². The monoisotopic (exact) mass is 362 g/mol. The molecular weight excluding hydrogens is 344 g/mol. The van der Waals surface area contributed by atoms with Gasteiger partial charge in [0.25, 0.3) is 5.56 Å². The van der Waals surface area contributed by atoms with Gasteiger partial charge in [0.2, 0.25) is 0 Å². The number of benzene rings is 1.